The number of thioether (sulfide) groups is 1. The third kappa shape index (κ3) is 6.06. The molecule has 0 bridgehead atoms. The Kier molecular flexibility index (Phi) is 7.99. The predicted octanol–water partition coefficient (Wildman–Crippen LogP) is 3.05. The van der Waals surface area contributed by atoms with Gasteiger partial charge in [-0.3, -0.25) is 0 Å². The minimum absolute atomic E-state index is 0.212. The first-order valence-corrected chi connectivity index (χ1v) is 9.98. The molecule has 1 atom stereocenters. The largest absolute Gasteiger partial charge is 0.493 e. The van der Waals surface area contributed by atoms with Crippen molar-refractivity contribution in [1.82, 2.24) is 10.6 Å². The summed E-state index contributed by atoms with van der Waals surface area (Å²) < 4.78 is 11.2. The Morgan fingerprint density at radius 2 is 2.23 bits per heavy atom. The molecule has 5 nitrogen and oxygen atoms in total. The lowest BCUT2D eigenvalue weighted by Gasteiger charge is -2.24. The fraction of sp³-hybridized carbons (Fsp3) is 0.550. The van der Waals surface area contributed by atoms with Crippen LogP contribution in [-0.4, -0.2) is 43.3 Å². The molecule has 142 valence electrons. The molecule has 1 aliphatic rings. The second kappa shape index (κ2) is 10.2. The van der Waals surface area contributed by atoms with E-state index >= 15 is 0 Å². The number of guanidine groups is 1. The summed E-state index contributed by atoms with van der Waals surface area (Å²) in [5.74, 6) is 5.87. The van der Waals surface area contributed by atoms with Gasteiger partial charge < -0.3 is 20.1 Å². The van der Waals surface area contributed by atoms with Crippen LogP contribution in [0.1, 0.15) is 32.3 Å². The molecule has 1 aromatic carbocycles. The maximum Gasteiger partial charge on any atom is 0.191 e. The van der Waals surface area contributed by atoms with E-state index in [2.05, 4.69) is 30.4 Å². The third-order valence-corrected chi connectivity index (χ3v) is 5.77. The summed E-state index contributed by atoms with van der Waals surface area (Å²) >= 11 is 2.04. The number of terminal acetylenes is 1. The number of aliphatic imine (C=N–C) groups is 1. The highest BCUT2D eigenvalue weighted by molar-refractivity contribution is 8.00. The summed E-state index contributed by atoms with van der Waals surface area (Å²) in [4.78, 5) is 4.70. The number of methoxy groups -OCH3 is 1. The van der Waals surface area contributed by atoms with E-state index in [-0.39, 0.29) is 6.61 Å². The fourth-order valence-electron chi connectivity index (χ4n) is 2.81. The average molecular weight is 376 g/mol. The lowest BCUT2D eigenvalue weighted by Crippen LogP contribution is -2.43. The number of nitrogens with zero attached hydrogens (tertiary/aromatic N) is 1. The van der Waals surface area contributed by atoms with Gasteiger partial charge in [0.1, 0.15) is 6.61 Å². The van der Waals surface area contributed by atoms with Gasteiger partial charge in [-0.05, 0) is 50.1 Å². The molecule has 0 aromatic heterocycles. The molecule has 2 rings (SSSR count). The molecule has 0 amide bonds. The summed E-state index contributed by atoms with van der Waals surface area (Å²) in [6, 6.07) is 5.80. The van der Waals surface area contributed by atoms with Gasteiger partial charge in [0.15, 0.2) is 17.5 Å². The van der Waals surface area contributed by atoms with E-state index < -0.39 is 0 Å². The predicted molar refractivity (Wildman–Crippen MR) is 110 cm³/mol. The molecule has 1 saturated heterocycles. The lowest BCUT2D eigenvalue weighted by molar-refractivity contribution is 0.330. The molecule has 0 spiro atoms. The first-order chi connectivity index (χ1) is 12.6. The quantitative estimate of drug-likeness (QED) is 0.416. The van der Waals surface area contributed by atoms with Crippen molar-refractivity contribution in [2.45, 2.75) is 38.0 Å². The topological polar surface area (TPSA) is 54.9 Å². The second-order valence-corrected chi connectivity index (χ2v) is 8.11. The van der Waals surface area contributed by atoms with Gasteiger partial charge in [0.2, 0.25) is 0 Å². The highest BCUT2D eigenvalue weighted by Crippen LogP contribution is 2.36. The van der Waals surface area contributed by atoms with E-state index in [0.29, 0.717) is 22.8 Å². The van der Waals surface area contributed by atoms with E-state index in [1.165, 1.54) is 18.6 Å². The summed E-state index contributed by atoms with van der Waals surface area (Å²) in [6.07, 6.45) is 7.82. The fourth-order valence-corrected chi connectivity index (χ4v) is 4.06. The van der Waals surface area contributed by atoms with Crippen LogP contribution < -0.4 is 20.1 Å². The molecule has 2 N–H and O–H groups in total. The zero-order valence-electron chi connectivity index (χ0n) is 15.9. The van der Waals surface area contributed by atoms with Crippen molar-refractivity contribution in [2.75, 3.05) is 32.6 Å². The van der Waals surface area contributed by atoms with Crippen molar-refractivity contribution >= 4 is 17.7 Å². The summed E-state index contributed by atoms with van der Waals surface area (Å²) in [5.41, 5.74) is 1.04. The van der Waals surface area contributed by atoms with Crippen molar-refractivity contribution in [1.29, 1.82) is 0 Å². The third-order valence-electron chi connectivity index (χ3n) is 4.23. The molecule has 1 heterocycles. The number of hydrogen-bond donors (Lipinski definition) is 2. The molecule has 6 heteroatoms. The first-order valence-electron chi connectivity index (χ1n) is 8.99. The normalized spacial score (nSPS) is 19.7. The van der Waals surface area contributed by atoms with Crippen LogP contribution in [0.3, 0.4) is 0 Å². The number of nitrogens with one attached hydrogen (secondary N) is 2. The van der Waals surface area contributed by atoms with Crippen LogP contribution in [0.2, 0.25) is 0 Å². The average Bonchev–Trinajstić information content (AvgIpc) is 3.09. The second-order valence-electron chi connectivity index (χ2n) is 6.43. The van der Waals surface area contributed by atoms with Crippen molar-refractivity contribution in [3.05, 3.63) is 23.8 Å². The Balaban J connectivity index is 2.02. The minimum atomic E-state index is 0.212. The first kappa shape index (κ1) is 20.3. The zero-order chi connectivity index (χ0) is 18.8. The van der Waals surface area contributed by atoms with E-state index in [4.69, 9.17) is 20.9 Å². The maximum atomic E-state index is 5.56. The standard InChI is InChI=1S/C20H29N3O2S/c1-5-11-25-18-13-16(8-9-17(18)24-4)14-22-19(21-6-2)23-15-20(3)10-7-12-26-20/h1,8-9,13H,6-7,10-12,14-15H2,2-4H3,(H2,21,22,23). The molecule has 1 fully saturated rings. The van der Waals surface area contributed by atoms with Gasteiger partial charge in [-0.2, -0.15) is 11.8 Å². The molecular weight excluding hydrogens is 346 g/mol. The number of rotatable bonds is 8. The Labute approximate surface area is 161 Å². The van der Waals surface area contributed by atoms with Gasteiger partial charge in [-0.15, -0.1) is 6.42 Å². The van der Waals surface area contributed by atoms with Crippen LogP contribution in [0.25, 0.3) is 0 Å². The van der Waals surface area contributed by atoms with Crippen molar-refractivity contribution in [3.63, 3.8) is 0 Å². The van der Waals surface area contributed by atoms with Crippen molar-refractivity contribution in [2.24, 2.45) is 4.99 Å². The van der Waals surface area contributed by atoms with Crippen LogP contribution >= 0.6 is 11.8 Å². The number of hydrogen-bond acceptors (Lipinski definition) is 4. The van der Waals surface area contributed by atoms with E-state index in [1.54, 1.807) is 7.11 Å². The van der Waals surface area contributed by atoms with Crippen molar-refractivity contribution < 1.29 is 9.47 Å². The molecule has 0 radical (unpaired) electrons. The van der Waals surface area contributed by atoms with Crippen LogP contribution in [0.4, 0.5) is 0 Å². The van der Waals surface area contributed by atoms with Gasteiger partial charge >= 0.3 is 0 Å². The number of ether oxygens (including phenoxy) is 2. The molecular formula is C20H29N3O2S. The van der Waals surface area contributed by atoms with Gasteiger partial charge in [0.05, 0.1) is 13.7 Å². The monoisotopic (exact) mass is 375 g/mol. The molecule has 0 saturated carbocycles. The minimum Gasteiger partial charge on any atom is -0.493 e. The Bertz CT molecular complexity index is 649. The number of benzene rings is 1. The SMILES string of the molecule is C#CCOc1cc(CN=C(NCC)NCC2(C)CCCS2)ccc1OC. The highest BCUT2D eigenvalue weighted by Gasteiger charge is 2.29. The zero-order valence-corrected chi connectivity index (χ0v) is 16.7. The van der Waals surface area contributed by atoms with E-state index in [0.717, 1.165) is 24.6 Å². The van der Waals surface area contributed by atoms with E-state index in [1.807, 2.05) is 30.0 Å². The molecule has 1 unspecified atom stereocenters. The Morgan fingerprint density at radius 3 is 2.88 bits per heavy atom. The summed E-state index contributed by atoms with van der Waals surface area (Å²) in [5, 5.41) is 6.79. The Morgan fingerprint density at radius 1 is 1.38 bits per heavy atom. The van der Waals surface area contributed by atoms with E-state index in [9.17, 15) is 0 Å². The smallest absolute Gasteiger partial charge is 0.191 e. The summed E-state index contributed by atoms with van der Waals surface area (Å²) in [6.45, 7) is 6.90. The summed E-state index contributed by atoms with van der Waals surface area (Å²) in [7, 11) is 1.62. The molecule has 1 aliphatic heterocycles. The lowest BCUT2D eigenvalue weighted by atomic mass is 10.1. The van der Waals surface area contributed by atoms with Crippen LogP contribution in [-0.2, 0) is 6.54 Å². The van der Waals surface area contributed by atoms with Gasteiger partial charge in [0, 0.05) is 17.8 Å². The highest BCUT2D eigenvalue weighted by atomic mass is 32.2. The van der Waals surface area contributed by atoms with Crippen molar-refractivity contribution in [3.8, 4) is 23.8 Å². The molecule has 26 heavy (non-hydrogen) atoms. The van der Waals surface area contributed by atoms with Gasteiger partial charge in [0.25, 0.3) is 0 Å². The molecule has 1 aromatic rings. The van der Waals surface area contributed by atoms with Gasteiger partial charge in [-0.25, -0.2) is 4.99 Å². The van der Waals surface area contributed by atoms with Crippen LogP contribution in [0, 0.1) is 12.3 Å². The maximum absolute atomic E-state index is 5.56. The van der Waals surface area contributed by atoms with Gasteiger partial charge in [-0.1, -0.05) is 12.0 Å². The molecule has 0 aliphatic carbocycles. The van der Waals surface area contributed by atoms with Crippen LogP contribution in [0.5, 0.6) is 11.5 Å². The Hall–Kier alpha value is -2.00. The van der Waals surface area contributed by atoms with Crippen LogP contribution in [0.15, 0.2) is 23.2 Å².